The van der Waals surface area contributed by atoms with Crippen molar-refractivity contribution in [1.82, 2.24) is 5.01 Å². The van der Waals surface area contributed by atoms with Crippen molar-refractivity contribution in [1.29, 1.82) is 0 Å². The van der Waals surface area contributed by atoms with Crippen LogP contribution in [0.3, 0.4) is 0 Å². The quantitative estimate of drug-likeness (QED) is 0.294. The highest BCUT2D eigenvalue weighted by molar-refractivity contribution is 6.30. The van der Waals surface area contributed by atoms with E-state index in [1.165, 1.54) is 11.9 Å². The Balaban J connectivity index is 1.33. The molecule has 36 heavy (non-hydrogen) atoms. The minimum atomic E-state index is -0.737. The number of nitrogens with zero attached hydrogens (tertiary/aromatic N) is 2. The highest BCUT2D eigenvalue weighted by Gasteiger charge is 2.32. The van der Waals surface area contributed by atoms with E-state index < -0.39 is 12.2 Å². The fourth-order valence-electron chi connectivity index (χ4n) is 3.30. The molecule has 0 bridgehead atoms. The molecule has 0 radical (unpaired) electrons. The van der Waals surface area contributed by atoms with Gasteiger partial charge in [0.25, 0.3) is 0 Å². The standard InChI is InChI=1S/C26H22Cl2N2O6/c1-16-13-20(28)7-12-23(16)34-15-25(32)35-22-8-3-18(4-9-22)26-29-30(17(2)31)24(36-26)14-33-21-10-5-19(27)6-11-21/h3-13,24H,14-15H2,1-2H3/t24-/m1/s1. The second-order valence-corrected chi connectivity index (χ2v) is 8.68. The second kappa shape index (κ2) is 11.3. The Morgan fingerprint density at radius 3 is 2.28 bits per heavy atom. The average molecular weight is 529 g/mol. The molecule has 0 aliphatic carbocycles. The first-order chi connectivity index (χ1) is 17.3. The van der Waals surface area contributed by atoms with Crippen LogP contribution in [0.25, 0.3) is 0 Å². The summed E-state index contributed by atoms with van der Waals surface area (Å²) in [5.74, 6) is 0.845. The van der Waals surface area contributed by atoms with Crippen LogP contribution in [0.5, 0.6) is 17.2 Å². The van der Waals surface area contributed by atoms with Crippen molar-refractivity contribution >= 4 is 41.0 Å². The van der Waals surface area contributed by atoms with Crippen LogP contribution in [-0.4, -0.2) is 42.2 Å². The molecule has 4 rings (SSSR count). The van der Waals surface area contributed by atoms with E-state index in [2.05, 4.69) is 5.10 Å². The first-order valence-corrected chi connectivity index (χ1v) is 11.7. The van der Waals surface area contributed by atoms with Crippen molar-refractivity contribution in [2.24, 2.45) is 5.10 Å². The molecule has 0 N–H and O–H groups in total. The molecule has 0 aromatic heterocycles. The van der Waals surface area contributed by atoms with E-state index in [1.807, 2.05) is 6.92 Å². The molecule has 0 saturated carbocycles. The highest BCUT2D eigenvalue weighted by atomic mass is 35.5. The van der Waals surface area contributed by atoms with Crippen molar-refractivity contribution < 1.29 is 28.5 Å². The second-order valence-electron chi connectivity index (χ2n) is 7.80. The summed E-state index contributed by atoms with van der Waals surface area (Å²) in [5.41, 5.74) is 1.41. The number of carbonyl (C=O) groups excluding carboxylic acids is 2. The van der Waals surface area contributed by atoms with Gasteiger partial charge in [0.05, 0.1) is 0 Å². The lowest BCUT2D eigenvalue weighted by Crippen LogP contribution is -2.36. The van der Waals surface area contributed by atoms with Gasteiger partial charge in [-0.2, -0.15) is 5.01 Å². The van der Waals surface area contributed by atoms with E-state index in [1.54, 1.807) is 66.7 Å². The van der Waals surface area contributed by atoms with Crippen LogP contribution in [0, 0.1) is 6.92 Å². The number of esters is 1. The lowest BCUT2D eigenvalue weighted by molar-refractivity contribution is -0.137. The van der Waals surface area contributed by atoms with Gasteiger partial charge >= 0.3 is 5.97 Å². The number of benzene rings is 3. The number of rotatable bonds is 8. The van der Waals surface area contributed by atoms with E-state index in [-0.39, 0.29) is 25.0 Å². The molecule has 1 amide bonds. The number of hydrazone groups is 1. The zero-order valence-corrected chi connectivity index (χ0v) is 21.0. The van der Waals surface area contributed by atoms with Gasteiger partial charge in [0, 0.05) is 22.5 Å². The Kier molecular flexibility index (Phi) is 7.97. The van der Waals surface area contributed by atoms with Crippen molar-refractivity contribution in [3.63, 3.8) is 0 Å². The maximum Gasteiger partial charge on any atom is 0.349 e. The van der Waals surface area contributed by atoms with Crippen LogP contribution in [-0.2, 0) is 14.3 Å². The number of aryl methyl sites for hydroxylation is 1. The molecular weight excluding hydrogens is 507 g/mol. The van der Waals surface area contributed by atoms with Crippen LogP contribution >= 0.6 is 23.2 Å². The van der Waals surface area contributed by atoms with Gasteiger partial charge in [-0.05, 0) is 79.2 Å². The molecule has 0 fully saturated rings. The molecule has 0 saturated heterocycles. The summed E-state index contributed by atoms with van der Waals surface area (Å²) >= 11 is 11.8. The summed E-state index contributed by atoms with van der Waals surface area (Å²) in [7, 11) is 0. The van der Waals surface area contributed by atoms with E-state index in [0.717, 1.165) is 5.56 Å². The first-order valence-electron chi connectivity index (χ1n) is 10.9. The van der Waals surface area contributed by atoms with Gasteiger partial charge in [-0.3, -0.25) is 4.79 Å². The Labute approximate surface area is 217 Å². The SMILES string of the molecule is CC(=O)N1N=C(c2ccc(OC(=O)COc3ccc(Cl)cc3C)cc2)O[C@@H]1COc1ccc(Cl)cc1. The van der Waals surface area contributed by atoms with Gasteiger partial charge in [-0.15, -0.1) is 5.10 Å². The third-order valence-electron chi connectivity index (χ3n) is 5.06. The van der Waals surface area contributed by atoms with E-state index >= 15 is 0 Å². The summed E-state index contributed by atoms with van der Waals surface area (Å²) < 4.78 is 22.4. The van der Waals surface area contributed by atoms with Crippen LogP contribution in [0.1, 0.15) is 18.1 Å². The molecule has 8 nitrogen and oxygen atoms in total. The van der Waals surface area contributed by atoms with Crippen molar-refractivity contribution in [2.45, 2.75) is 20.1 Å². The van der Waals surface area contributed by atoms with E-state index in [9.17, 15) is 9.59 Å². The van der Waals surface area contributed by atoms with Gasteiger partial charge in [-0.1, -0.05) is 23.2 Å². The summed E-state index contributed by atoms with van der Waals surface area (Å²) in [5, 5.41) is 6.67. The minimum Gasteiger partial charge on any atom is -0.488 e. The zero-order chi connectivity index (χ0) is 25.7. The predicted molar refractivity (Wildman–Crippen MR) is 135 cm³/mol. The fourth-order valence-corrected chi connectivity index (χ4v) is 3.66. The van der Waals surface area contributed by atoms with Gasteiger partial charge in [0.15, 0.2) is 6.61 Å². The maximum absolute atomic E-state index is 12.2. The summed E-state index contributed by atoms with van der Waals surface area (Å²) in [4.78, 5) is 24.2. The Hall–Kier alpha value is -3.75. The number of carbonyl (C=O) groups is 2. The van der Waals surface area contributed by atoms with E-state index in [4.69, 9.17) is 42.1 Å². The molecule has 186 valence electrons. The highest BCUT2D eigenvalue weighted by Crippen LogP contribution is 2.23. The molecule has 0 unspecified atom stereocenters. The normalized spacial score (nSPS) is 14.6. The maximum atomic E-state index is 12.2. The number of ether oxygens (including phenoxy) is 4. The molecular formula is C26H22Cl2N2O6. The third kappa shape index (κ3) is 6.47. The third-order valence-corrected chi connectivity index (χ3v) is 5.55. The van der Waals surface area contributed by atoms with Crippen molar-refractivity contribution in [2.75, 3.05) is 13.2 Å². The molecule has 3 aromatic rings. The lowest BCUT2D eigenvalue weighted by atomic mass is 10.2. The van der Waals surface area contributed by atoms with Gasteiger partial charge < -0.3 is 18.9 Å². The average Bonchev–Trinajstić information content (AvgIpc) is 3.28. The van der Waals surface area contributed by atoms with Crippen LogP contribution in [0.4, 0.5) is 0 Å². The van der Waals surface area contributed by atoms with Gasteiger partial charge in [-0.25, -0.2) is 4.79 Å². The number of hydrogen-bond acceptors (Lipinski definition) is 7. The first kappa shape index (κ1) is 25.3. The zero-order valence-electron chi connectivity index (χ0n) is 19.4. The lowest BCUT2D eigenvalue weighted by Gasteiger charge is -2.19. The summed E-state index contributed by atoms with van der Waals surface area (Å²) in [6.45, 7) is 3.03. The Bertz CT molecular complexity index is 1280. The topological polar surface area (TPSA) is 86.7 Å². The molecule has 1 aliphatic heterocycles. The molecule has 0 spiro atoms. The molecule has 1 heterocycles. The van der Waals surface area contributed by atoms with Crippen LogP contribution < -0.4 is 14.2 Å². The van der Waals surface area contributed by atoms with E-state index in [0.29, 0.717) is 32.9 Å². The van der Waals surface area contributed by atoms with Crippen LogP contribution in [0.15, 0.2) is 71.8 Å². The fraction of sp³-hybridized carbons (Fsp3) is 0.192. The number of amides is 1. The largest absolute Gasteiger partial charge is 0.488 e. The monoisotopic (exact) mass is 528 g/mol. The van der Waals surface area contributed by atoms with Crippen molar-refractivity contribution in [3.05, 3.63) is 87.9 Å². The Morgan fingerprint density at radius 2 is 1.61 bits per heavy atom. The molecule has 10 heteroatoms. The van der Waals surface area contributed by atoms with Crippen molar-refractivity contribution in [3.8, 4) is 17.2 Å². The number of halogens is 2. The predicted octanol–water partition coefficient (Wildman–Crippen LogP) is 5.23. The number of hydrogen-bond donors (Lipinski definition) is 0. The van der Waals surface area contributed by atoms with Crippen LogP contribution in [0.2, 0.25) is 10.0 Å². The van der Waals surface area contributed by atoms with Gasteiger partial charge in [0.1, 0.15) is 23.9 Å². The van der Waals surface area contributed by atoms with Gasteiger partial charge in [0.2, 0.25) is 18.0 Å². The smallest absolute Gasteiger partial charge is 0.349 e. The molecule has 1 aliphatic rings. The summed E-state index contributed by atoms with van der Waals surface area (Å²) in [6, 6.07) is 18.5. The minimum absolute atomic E-state index is 0.0665. The Morgan fingerprint density at radius 1 is 0.944 bits per heavy atom. The molecule has 3 aromatic carbocycles. The molecule has 1 atom stereocenters. The summed E-state index contributed by atoms with van der Waals surface area (Å²) in [6.07, 6.45) is -0.737.